The van der Waals surface area contributed by atoms with Crippen LogP contribution in [0.3, 0.4) is 0 Å². The molecular formula is C23H38O2. The Morgan fingerprint density at radius 1 is 1.08 bits per heavy atom. The van der Waals surface area contributed by atoms with Crippen molar-refractivity contribution in [3.05, 3.63) is 0 Å². The van der Waals surface area contributed by atoms with Gasteiger partial charge in [0.05, 0.1) is 5.60 Å². The minimum Gasteiger partial charge on any atom is -0.390 e. The summed E-state index contributed by atoms with van der Waals surface area (Å²) in [6, 6.07) is 0. The minimum atomic E-state index is -0.432. The summed E-state index contributed by atoms with van der Waals surface area (Å²) in [4.78, 5) is 12.5. The summed E-state index contributed by atoms with van der Waals surface area (Å²) in [5.74, 6) is 3.85. The maximum absolute atomic E-state index is 12.5. The van der Waals surface area contributed by atoms with Gasteiger partial charge in [-0.3, -0.25) is 4.79 Å². The van der Waals surface area contributed by atoms with Gasteiger partial charge in [-0.05, 0) is 86.4 Å². The first-order valence-corrected chi connectivity index (χ1v) is 11.0. The summed E-state index contributed by atoms with van der Waals surface area (Å²) in [5, 5.41) is 11.3. The molecule has 0 spiro atoms. The van der Waals surface area contributed by atoms with Gasteiger partial charge in [-0.2, -0.15) is 0 Å². The molecule has 2 unspecified atom stereocenters. The van der Waals surface area contributed by atoms with E-state index in [9.17, 15) is 9.90 Å². The van der Waals surface area contributed by atoms with E-state index in [1.807, 2.05) is 0 Å². The average molecular weight is 347 g/mol. The van der Waals surface area contributed by atoms with Gasteiger partial charge in [0.2, 0.25) is 0 Å². The highest BCUT2D eigenvalue weighted by Gasteiger charge is 2.61. The summed E-state index contributed by atoms with van der Waals surface area (Å²) in [6.45, 7) is 9.28. The zero-order valence-corrected chi connectivity index (χ0v) is 16.8. The SMILES string of the molecule is CCC(C)[C@@]1(O)CC[C@@]2(C)C(CC[C@@H]3[C@@H]2CC[C@]2(C)C(=O)CC[C@@H]32)C1. The second kappa shape index (κ2) is 5.81. The number of aliphatic hydroxyl groups is 1. The first-order chi connectivity index (χ1) is 11.7. The van der Waals surface area contributed by atoms with Crippen molar-refractivity contribution in [3.63, 3.8) is 0 Å². The second-order valence-electron chi connectivity index (χ2n) is 10.7. The molecule has 0 aromatic rings. The fourth-order valence-electron chi connectivity index (χ4n) is 7.87. The fraction of sp³-hybridized carbons (Fsp3) is 0.957. The second-order valence-corrected chi connectivity index (χ2v) is 10.7. The van der Waals surface area contributed by atoms with Gasteiger partial charge >= 0.3 is 0 Å². The van der Waals surface area contributed by atoms with E-state index in [-0.39, 0.29) is 5.41 Å². The molecule has 142 valence electrons. The highest BCUT2D eigenvalue weighted by molar-refractivity contribution is 5.87. The van der Waals surface area contributed by atoms with Crippen LogP contribution in [-0.2, 0) is 4.79 Å². The number of rotatable bonds is 2. The van der Waals surface area contributed by atoms with Crippen molar-refractivity contribution in [2.24, 2.45) is 40.4 Å². The summed E-state index contributed by atoms with van der Waals surface area (Å²) >= 11 is 0. The van der Waals surface area contributed by atoms with Gasteiger partial charge in [0.25, 0.3) is 0 Å². The molecule has 0 bridgehead atoms. The van der Waals surface area contributed by atoms with Crippen molar-refractivity contribution in [2.75, 3.05) is 0 Å². The molecule has 8 atom stereocenters. The Kier molecular flexibility index (Phi) is 4.19. The highest BCUT2D eigenvalue weighted by Crippen LogP contribution is 2.66. The molecule has 0 aromatic heterocycles. The van der Waals surface area contributed by atoms with Crippen LogP contribution in [0, 0.1) is 40.4 Å². The Morgan fingerprint density at radius 3 is 2.56 bits per heavy atom. The van der Waals surface area contributed by atoms with Gasteiger partial charge in [0, 0.05) is 11.8 Å². The quantitative estimate of drug-likeness (QED) is 0.729. The molecule has 1 N–H and O–H groups in total. The first-order valence-electron chi connectivity index (χ1n) is 11.0. The Hall–Kier alpha value is -0.370. The van der Waals surface area contributed by atoms with E-state index >= 15 is 0 Å². The monoisotopic (exact) mass is 346 g/mol. The number of carbonyl (C=O) groups is 1. The average Bonchev–Trinajstić information content (AvgIpc) is 2.90. The van der Waals surface area contributed by atoms with Crippen molar-refractivity contribution < 1.29 is 9.90 Å². The van der Waals surface area contributed by atoms with E-state index in [2.05, 4.69) is 27.7 Å². The van der Waals surface area contributed by atoms with Crippen LogP contribution < -0.4 is 0 Å². The molecule has 25 heavy (non-hydrogen) atoms. The number of hydrogen-bond acceptors (Lipinski definition) is 2. The summed E-state index contributed by atoms with van der Waals surface area (Å²) in [7, 11) is 0. The molecule has 0 aromatic carbocycles. The van der Waals surface area contributed by atoms with E-state index in [1.54, 1.807) is 0 Å². The molecule has 0 radical (unpaired) electrons. The topological polar surface area (TPSA) is 37.3 Å². The molecule has 4 aliphatic carbocycles. The van der Waals surface area contributed by atoms with Crippen LogP contribution in [-0.4, -0.2) is 16.5 Å². The minimum absolute atomic E-state index is 0.00348. The Balaban J connectivity index is 1.58. The van der Waals surface area contributed by atoms with E-state index in [0.29, 0.717) is 29.0 Å². The van der Waals surface area contributed by atoms with Crippen LogP contribution in [0.15, 0.2) is 0 Å². The Morgan fingerprint density at radius 2 is 1.84 bits per heavy atom. The molecule has 2 heteroatoms. The summed E-state index contributed by atoms with van der Waals surface area (Å²) < 4.78 is 0. The lowest BCUT2D eigenvalue weighted by Crippen LogP contribution is -2.57. The van der Waals surface area contributed by atoms with Crippen LogP contribution in [0.4, 0.5) is 0 Å². The van der Waals surface area contributed by atoms with E-state index in [4.69, 9.17) is 0 Å². The Bertz CT molecular complexity index is 556. The number of ketones is 1. The Labute approximate surface area is 154 Å². The van der Waals surface area contributed by atoms with E-state index < -0.39 is 5.60 Å². The number of Topliss-reactive ketones (excluding diaryl/α,β-unsaturated/α-hetero) is 1. The van der Waals surface area contributed by atoms with Crippen molar-refractivity contribution in [3.8, 4) is 0 Å². The smallest absolute Gasteiger partial charge is 0.139 e. The predicted octanol–water partition coefficient (Wildman–Crippen LogP) is 5.38. The third kappa shape index (κ3) is 2.42. The van der Waals surface area contributed by atoms with Gasteiger partial charge in [0.1, 0.15) is 5.78 Å². The van der Waals surface area contributed by atoms with Crippen LogP contribution >= 0.6 is 0 Å². The first kappa shape index (κ1) is 18.0. The van der Waals surface area contributed by atoms with Crippen molar-refractivity contribution in [2.45, 2.75) is 97.5 Å². The van der Waals surface area contributed by atoms with Gasteiger partial charge in [-0.15, -0.1) is 0 Å². The van der Waals surface area contributed by atoms with Crippen molar-refractivity contribution >= 4 is 5.78 Å². The third-order valence-corrected chi connectivity index (χ3v) is 10.0. The molecule has 4 aliphatic rings. The lowest BCUT2D eigenvalue weighted by molar-refractivity contribution is -0.163. The molecule has 4 saturated carbocycles. The lowest BCUT2D eigenvalue weighted by atomic mass is 9.44. The van der Waals surface area contributed by atoms with Crippen LogP contribution in [0.2, 0.25) is 0 Å². The largest absolute Gasteiger partial charge is 0.390 e. The lowest BCUT2D eigenvalue weighted by Gasteiger charge is -2.62. The normalized spacial score (nSPS) is 53.7. The molecule has 2 nitrogen and oxygen atoms in total. The van der Waals surface area contributed by atoms with Gasteiger partial charge in [-0.1, -0.05) is 34.1 Å². The van der Waals surface area contributed by atoms with Crippen LogP contribution in [0.5, 0.6) is 0 Å². The summed E-state index contributed by atoms with van der Waals surface area (Å²) in [6.07, 6.45) is 11.2. The molecule has 4 rings (SSSR count). The van der Waals surface area contributed by atoms with Gasteiger partial charge in [0.15, 0.2) is 0 Å². The van der Waals surface area contributed by atoms with Gasteiger partial charge in [-0.25, -0.2) is 0 Å². The maximum Gasteiger partial charge on any atom is 0.139 e. The number of carbonyl (C=O) groups excluding carboxylic acids is 1. The highest BCUT2D eigenvalue weighted by atomic mass is 16.3. The molecule has 4 fully saturated rings. The summed E-state index contributed by atoms with van der Waals surface area (Å²) in [5.41, 5.74) is -0.0374. The molecule has 0 amide bonds. The molecule has 0 heterocycles. The molecular weight excluding hydrogens is 308 g/mol. The van der Waals surface area contributed by atoms with Crippen LogP contribution in [0.1, 0.15) is 91.9 Å². The standard InChI is InChI=1S/C23H38O2/c1-5-15(2)23(25)13-12-21(3)16(14-23)6-7-17-18-8-9-20(24)22(18,4)11-10-19(17)21/h15-19,25H,5-14H2,1-4H3/t15?,16?,17-,18-,19-,21-,22-,23+/m0/s1. The fourth-order valence-corrected chi connectivity index (χ4v) is 7.87. The van der Waals surface area contributed by atoms with Crippen LogP contribution in [0.25, 0.3) is 0 Å². The zero-order chi connectivity index (χ0) is 18.0. The molecule has 0 saturated heterocycles. The molecule has 0 aliphatic heterocycles. The predicted molar refractivity (Wildman–Crippen MR) is 101 cm³/mol. The maximum atomic E-state index is 12.5. The number of hydrogen-bond donors (Lipinski definition) is 1. The van der Waals surface area contributed by atoms with E-state index in [0.717, 1.165) is 50.4 Å². The zero-order valence-electron chi connectivity index (χ0n) is 16.8. The third-order valence-electron chi connectivity index (χ3n) is 10.0. The van der Waals surface area contributed by atoms with Crippen molar-refractivity contribution in [1.82, 2.24) is 0 Å². The van der Waals surface area contributed by atoms with Crippen molar-refractivity contribution in [1.29, 1.82) is 0 Å². The van der Waals surface area contributed by atoms with Gasteiger partial charge < -0.3 is 5.11 Å². The number of fused-ring (bicyclic) bond motifs is 5. The van der Waals surface area contributed by atoms with E-state index in [1.165, 1.54) is 25.7 Å².